The second-order valence-electron chi connectivity index (χ2n) is 3.68. The predicted octanol–water partition coefficient (Wildman–Crippen LogP) is 4.66. The van der Waals surface area contributed by atoms with Crippen LogP contribution in [0, 0.1) is 0 Å². The van der Waals surface area contributed by atoms with E-state index in [-0.39, 0.29) is 0 Å². The first-order valence-corrected chi connectivity index (χ1v) is 5.55. The van der Waals surface area contributed by atoms with Gasteiger partial charge in [-0.25, -0.2) is 0 Å². The zero-order chi connectivity index (χ0) is 12.4. The molecule has 0 aliphatic heterocycles. The van der Waals surface area contributed by atoms with Gasteiger partial charge in [-0.1, -0.05) is 44.2 Å². The highest BCUT2D eigenvalue weighted by Gasteiger charge is 1.98. The summed E-state index contributed by atoms with van der Waals surface area (Å²) < 4.78 is 5.29. The molecule has 0 N–H and O–H groups in total. The normalized spacial score (nSPS) is 10.0. The van der Waals surface area contributed by atoms with Gasteiger partial charge in [-0.3, -0.25) is 0 Å². The van der Waals surface area contributed by atoms with E-state index in [1.807, 2.05) is 13.0 Å². The highest BCUT2D eigenvalue weighted by molar-refractivity contribution is 5.24. The number of rotatable bonds is 4. The van der Waals surface area contributed by atoms with Crippen LogP contribution in [0.4, 0.5) is 0 Å². The average molecular weight is 218 g/mol. The second-order valence-corrected chi connectivity index (χ2v) is 3.68. The Balaban J connectivity index is 0.00000106. The van der Waals surface area contributed by atoms with Gasteiger partial charge < -0.3 is 4.74 Å². The Hall–Kier alpha value is -1.50. The highest BCUT2D eigenvalue weighted by Crippen LogP contribution is 2.14. The molecule has 0 heterocycles. The molecule has 0 fully saturated rings. The highest BCUT2D eigenvalue weighted by atomic mass is 16.5. The molecule has 1 aromatic carbocycles. The Labute approximate surface area is 99.5 Å². The van der Waals surface area contributed by atoms with Gasteiger partial charge in [0.15, 0.2) is 0 Å². The van der Waals surface area contributed by atoms with Crippen molar-refractivity contribution < 1.29 is 4.74 Å². The Morgan fingerprint density at radius 3 is 2.19 bits per heavy atom. The molecule has 0 unspecified atom stereocenters. The van der Waals surface area contributed by atoms with Crippen molar-refractivity contribution in [1.29, 1.82) is 0 Å². The van der Waals surface area contributed by atoms with E-state index in [2.05, 4.69) is 51.3 Å². The van der Waals surface area contributed by atoms with Crippen LogP contribution in [-0.2, 0) is 11.3 Å². The third-order valence-corrected chi connectivity index (χ3v) is 2.13. The molecule has 0 saturated heterocycles. The Morgan fingerprint density at radius 2 is 1.75 bits per heavy atom. The maximum atomic E-state index is 5.29. The van der Waals surface area contributed by atoms with Crippen LogP contribution >= 0.6 is 0 Å². The van der Waals surface area contributed by atoms with Gasteiger partial charge in [0.05, 0.1) is 6.26 Å². The largest absolute Gasteiger partial charge is 0.497 e. The van der Waals surface area contributed by atoms with Crippen molar-refractivity contribution in [1.82, 2.24) is 0 Å². The van der Waals surface area contributed by atoms with Crippen molar-refractivity contribution in [2.24, 2.45) is 0 Å². The van der Waals surface area contributed by atoms with Crippen molar-refractivity contribution in [2.75, 3.05) is 0 Å². The topological polar surface area (TPSA) is 9.23 Å². The van der Waals surface area contributed by atoms with Crippen LogP contribution in [0.3, 0.4) is 0 Å². The van der Waals surface area contributed by atoms with E-state index in [0.717, 1.165) is 0 Å². The molecule has 0 aliphatic carbocycles. The number of benzene rings is 1. The predicted molar refractivity (Wildman–Crippen MR) is 71.4 cm³/mol. The number of hydrogen-bond acceptors (Lipinski definition) is 1. The lowest BCUT2D eigenvalue weighted by Gasteiger charge is -2.06. The number of ether oxygens (including phenoxy) is 1. The minimum Gasteiger partial charge on any atom is -0.497 e. The van der Waals surface area contributed by atoms with Crippen LogP contribution in [0.2, 0.25) is 0 Å². The summed E-state index contributed by atoms with van der Waals surface area (Å²) in [6.07, 6.45) is 3.61. The van der Waals surface area contributed by atoms with Gasteiger partial charge in [-0.05, 0) is 24.0 Å². The van der Waals surface area contributed by atoms with Crippen molar-refractivity contribution >= 4 is 0 Å². The molecule has 0 aliphatic rings. The maximum absolute atomic E-state index is 5.29. The molecule has 0 spiro atoms. The summed E-state index contributed by atoms with van der Waals surface area (Å²) in [4.78, 5) is 0. The van der Waals surface area contributed by atoms with E-state index in [0.29, 0.717) is 12.5 Å². The van der Waals surface area contributed by atoms with Crippen LogP contribution in [0.25, 0.3) is 0 Å². The molecule has 0 aromatic heterocycles. The molecule has 1 nitrogen and oxygen atoms in total. The first-order chi connectivity index (χ1) is 7.74. The number of hydrogen-bond donors (Lipinski definition) is 0. The van der Waals surface area contributed by atoms with Crippen molar-refractivity contribution in [3.8, 4) is 0 Å². The Kier molecular flexibility index (Phi) is 7.96. The van der Waals surface area contributed by atoms with Crippen LogP contribution in [0.5, 0.6) is 0 Å². The summed E-state index contributed by atoms with van der Waals surface area (Å²) in [7, 11) is 0. The summed E-state index contributed by atoms with van der Waals surface area (Å²) in [6, 6.07) is 8.58. The van der Waals surface area contributed by atoms with Crippen molar-refractivity contribution in [3.05, 3.63) is 60.9 Å². The molecule has 1 aromatic rings. The summed E-state index contributed by atoms with van der Waals surface area (Å²) in [5.74, 6) is 0.598. The Bertz CT molecular complexity index is 296. The molecule has 0 saturated carbocycles. The molecular weight excluding hydrogens is 196 g/mol. The van der Waals surface area contributed by atoms with Crippen LogP contribution in [0.15, 0.2) is 49.8 Å². The van der Waals surface area contributed by atoms with Gasteiger partial charge in [-0.2, -0.15) is 0 Å². The maximum Gasteiger partial charge on any atom is 0.112 e. The molecule has 1 rings (SSSR count). The lowest BCUT2D eigenvalue weighted by molar-refractivity contribution is 0.236. The zero-order valence-electron chi connectivity index (χ0n) is 10.6. The fourth-order valence-corrected chi connectivity index (χ4v) is 1.24. The van der Waals surface area contributed by atoms with Crippen LogP contribution < -0.4 is 0 Å². The second kappa shape index (κ2) is 8.78. The molecular formula is C15H22O. The van der Waals surface area contributed by atoms with E-state index in [9.17, 15) is 0 Å². The standard InChI is InChI=1S/C13H18O.C2H4/c1-4-9-14-10-12-5-7-13(8-6-12)11(2)3;1-2/h4-9,11H,10H2,1-3H3;1-2H2/b9-4-;. The fourth-order valence-electron chi connectivity index (χ4n) is 1.24. The lowest BCUT2D eigenvalue weighted by Crippen LogP contribution is -1.90. The number of allylic oxidation sites excluding steroid dienone is 1. The molecule has 0 radical (unpaired) electrons. The van der Waals surface area contributed by atoms with E-state index in [1.165, 1.54) is 11.1 Å². The smallest absolute Gasteiger partial charge is 0.112 e. The molecule has 0 atom stereocenters. The van der Waals surface area contributed by atoms with E-state index in [4.69, 9.17) is 4.74 Å². The SMILES string of the molecule is C/C=C\OCc1ccc(C(C)C)cc1.C=C. The van der Waals surface area contributed by atoms with E-state index in [1.54, 1.807) is 6.26 Å². The van der Waals surface area contributed by atoms with Gasteiger partial charge in [-0.15, -0.1) is 13.2 Å². The third-order valence-electron chi connectivity index (χ3n) is 2.13. The van der Waals surface area contributed by atoms with Crippen molar-refractivity contribution in [3.63, 3.8) is 0 Å². The summed E-state index contributed by atoms with van der Waals surface area (Å²) in [5, 5.41) is 0. The fraction of sp³-hybridized carbons (Fsp3) is 0.333. The summed E-state index contributed by atoms with van der Waals surface area (Å²) in [6.45, 7) is 13.0. The minimum absolute atomic E-state index is 0.598. The first kappa shape index (κ1) is 14.5. The molecule has 0 bridgehead atoms. The van der Waals surface area contributed by atoms with Gasteiger partial charge in [0.2, 0.25) is 0 Å². The van der Waals surface area contributed by atoms with Crippen molar-refractivity contribution in [2.45, 2.75) is 33.3 Å². The quantitative estimate of drug-likeness (QED) is 0.527. The third kappa shape index (κ3) is 5.40. The zero-order valence-corrected chi connectivity index (χ0v) is 10.6. The van der Waals surface area contributed by atoms with Gasteiger partial charge >= 0.3 is 0 Å². The summed E-state index contributed by atoms with van der Waals surface area (Å²) in [5.41, 5.74) is 2.59. The Morgan fingerprint density at radius 1 is 1.19 bits per heavy atom. The summed E-state index contributed by atoms with van der Waals surface area (Å²) >= 11 is 0. The first-order valence-electron chi connectivity index (χ1n) is 5.55. The van der Waals surface area contributed by atoms with Crippen LogP contribution in [-0.4, -0.2) is 0 Å². The molecule has 16 heavy (non-hydrogen) atoms. The van der Waals surface area contributed by atoms with Gasteiger partial charge in [0.1, 0.15) is 6.61 Å². The monoisotopic (exact) mass is 218 g/mol. The minimum atomic E-state index is 0.598. The van der Waals surface area contributed by atoms with Crippen LogP contribution in [0.1, 0.15) is 37.8 Å². The van der Waals surface area contributed by atoms with E-state index >= 15 is 0 Å². The molecule has 0 amide bonds. The van der Waals surface area contributed by atoms with Gasteiger partial charge in [0, 0.05) is 0 Å². The lowest BCUT2D eigenvalue weighted by atomic mass is 10.0. The molecule has 88 valence electrons. The average Bonchev–Trinajstić information content (AvgIpc) is 2.33. The van der Waals surface area contributed by atoms with E-state index < -0.39 is 0 Å². The van der Waals surface area contributed by atoms with Gasteiger partial charge in [0.25, 0.3) is 0 Å². The molecule has 1 heteroatoms.